The van der Waals surface area contributed by atoms with Gasteiger partial charge in [-0.3, -0.25) is 14.6 Å². The summed E-state index contributed by atoms with van der Waals surface area (Å²) in [5.74, 6) is 0.454. The summed E-state index contributed by atoms with van der Waals surface area (Å²) in [6, 6.07) is 8.46. The van der Waals surface area contributed by atoms with Crippen LogP contribution in [-0.2, 0) is 9.53 Å². The van der Waals surface area contributed by atoms with E-state index in [4.69, 9.17) is 14.2 Å². The van der Waals surface area contributed by atoms with E-state index in [9.17, 15) is 9.59 Å². The molecule has 0 unspecified atom stereocenters. The first-order chi connectivity index (χ1) is 14.2. The highest BCUT2D eigenvalue weighted by Gasteiger charge is 2.18. The molecule has 1 aromatic heterocycles. The number of hydrazone groups is 1. The molecule has 1 aromatic carbocycles. The first-order valence-electron chi connectivity index (χ1n) is 9.07. The molecule has 1 saturated heterocycles. The van der Waals surface area contributed by atoms with Crippen molar-refractivity contribution in [3.63, 3.8) is 0 Å². The summed E-state index contributed by atoms with van der Waals surface area (Å²) in [4.78, 5) is 29.7. The quantitative estimate of drug-likeness (QED) is 0.553. The molecule has 1 aliphatic rings. The van der Waals surface area contributed by atoms with Gasteiger partial charge in [-0.15, -0.1) is 0 Å². The van der Waals surface area contributed by atoms with E-state index in [2.05, 4.69) is 15.5 Å². The van der Waals surface area contributed by atoms with E-state index in [1.165, 1.54) is 19.5 Å². The average Bonchev–Trinajstić information content (AvgIpc) is 2.78. The molecular weight excluding hydrogens is 376 g/mol. The second-order valence-electron chi connectivity index (χ2n) is 6.13. The third kappa shape index (κ3) is 5.76. The summed E-state index contributed by atoms with van der Waals surface area (Å²) in [6.45, 7) is 2.14. The number of aromatic nitrogens is 1. The summed E-state index contributed by atoms with van der Waals surface area (Å²) in [5.41, 5.74) is 3.54. The van der Waals surface area contributed by atoms with Crippen molar-refractivity contribution in [2.45, 2.75) is 0 Å². The van der Waals surface area contributed by atoms with Crippen molar-refractivity contribution in [3.8, 4) is 11.5 Å². The molecule has 9 nitrogen and oxygen atoms in total. The lowest BCUT2D eigenvalue weighted by Gasteiger charge is -2.26. The molecule has 1 fully saturated rings. The second-order valence-corrected chi connectivity index (χ2v) is 6.13. The number of rotatable bonds is 7. The van der Waals surface area contributed by atoms with E-state index in [0.717, 1.165) is 0 Å². The fraction of sp³-hybridized carbons (Fsp3) is 0.300. The molecule has 9 heteroatoms. The summed E-state index contributed by atoms with van der Waals surface area (Å²) >= 11 is 0. The lowest BCUT2D eigenvalue weighted by Crippen LogP contribution is -2.43. The van der Waals surface area contributed by atoms with Crippen LogP contribution < -0.4 is 14.9 Å². The largest absolute Gasteiger partial charge is 0.493 e. The number of carbonyl (C=O) groups excluding carboxylic acids is 2. The molecule has 0 saturated carbocycles. The highest BCUT2D eigenvalue weighted by molar-refractivity contribution is 5.94. The number of amides is 2. The fourth-order valence-corrected chi connectivity index (χ4v) is 2.65. The molecule has 2 heterocycles. The Kier molecular flexibility index (Phi) is 7.12. The van der Waals surface area contributed by atoms with Crippen molar-refractivity contribution in [3.05, 3.63) is 53.9 Å². The van der Waals surface area contributed by atoms with E-state index in [-0.39, 0.29) is 18.4 Å². The molecule has 2 amide bonds. The standard InChI is InChI=1S/C20H22N4O5/c1-27-18-11-15(12-22-23-20(26)16-3-2-6-21-13-16)4-5-17(18)29-14-19(25)24-7-9-28-10-8-24/h2-6,11-13H,7-10,14H2,1H3,(H,23,26). The number of carbonyl (C=O) groups is 2. The van der Waals surface area contributed by atoms with Gasteiger partial charge in [-0.1, -0.05) is 0 Å². The Morgan fingerprint density at radius 2 is 2.10 bits per heavy atom. The summed E-state index contributed by atoms with van der Waals surface area (Å²) < 4.78 is 16.2. The Bertz CT molecular complexity index is 866. The number of morpholine rings is 1. The monoisotopic (exact) mass is 398 g/mol. The van der Waals surface area contributed by atoms with Crippen LogP contribution in [0.1, 0.15) is 15.9 Å². The maximum Gasteiger partial charge on any atom is 0.272 e. The van der Waals surface area contributed by atoms with Gasteiger partial charge in [0.05, 0.1) is 32.1 Å². The normalized spacial score (nSPS) is 13.9. The van der Waals surface area contributed by atoms with Crippen molar-refractivity contribution < 1.29 is 23.8 Å². The minimum absolute atomic E-state index is 0.0784. The zero-order valence-corrected chi connectivity index (χ0v) is 16.0. The van der Waals surface area contributed by atoms with E-state index in [0.29, 0.717) is 48.9 Å². The smallest absolute Gasteiger partial charge is 0.272 e. The van der Waals surface area contributed by atoms with Crippen molar-refractivity contribution in [1.82, 2.24) is 15.3 Å². The van der Waals surface area contributed by atoms with Gasteiger partial charge in [0, 0.05) is 25.5 Å². The Morgan fingerprint density at radius 1 is 1.28 bits per heavy atom. The number of ether oxygens (including phenoxy) is 3. The van der Waals surface area contributed by atoms with E-state index >= 15 is 0 Å². The van der Waals surface area contributed by atoms with Gasteiger partial charge in [-0.2, -0.15) is 5.10 Å². The maximum absolute atomic E-state index is 12.2. The van der Waals surface area contributed by atoms with Crippen LogP contribution >= 0.6 is 0 Å². The summed E-state index contributed by atoms with van der Waals surface area (Å²) in [6.07, 6.45) is 4.53. The Balaban J connectivity index is 1.56. The molecule has 0 bridgehead atoms. The van der Waals surface area contributed by atoms with Crippen LogP contribution in [0.15, 0.2) is 47.8 Å². The molecular formula is C20H22N4O5. The van der Waals surface area contributed by atoms with Crippen LogP contribution in [0.25, 0.3) is 0 Å². The van der Waals surface area contributed by atoms with Crippen molar-refractivity contribution >= 4 is 18.0 Å². The Morgan fingerprint density at radius 3 is 2.83 bits per heavy atom. The van der Waals surface area contributed by atoms with Crippen molar-refractivity contribution in [1.29, 1.82) is 0 Å². The Hall–Kier alpha value is -3.46. The number of nitrogens with one attached hydrogen (secondary N) is 1. The number of pyridine rings is 1. The van der Waals surface area contributed by atoms with Gasteiger partial charge in [0.25, 0.3) is 11.8 Å². The van der Waals surface area contributed by atoms with E-state index in [1.54, 1.807) is 41.4 Å². The molecule has 3 rings (SSSR count). The Labute approximate surface area is 168 Å². The van der Waals surface area contributed by atoms with Crippen LogP contribution in [-0.4, -0.2) is 67.9 Å². The second kappa shape index (κ2) is 10.2. The van der Waals surface area contributed by atoms with Gasteiger partial charge >= 0.3 is 0 Å². The number of nitrogens with zero attached hydrogens (tertiary/aromatic N) is 3. The maximum atomic E-state index is 12.2. The number of methoxy groups -OCH3 is 1. The number of benzene rings is 1. The van der Waals surface area contributed by atoms with Crippen LogP contribution in [0.4, 0.5) is 0 Å². The molecule has 0 spiro atoms. The van der Waals surface area contributed by atoms with Crippen LogP contribution in [0.3, 0.4) is 0 Å². The van der Waals surface area contributed by atoms with Crippen molar-refractivity contribution in [2.75, 3.05) is 40.0 Å². The van der Waals surface area contributed by atoms with Crippen molar-refractivity contribution in [2.24, 2.45) is 5.10 Å². The summed E-state index contributed by atoms with van der Waals surface area (Å²) in [7, 11) is 1.51. The number of hydrogen-bond donors (Lipinski definition) is 1. The first-order valence-corrected chi connectivity index (χ1v) is 9.07. The highest BCUT2D eigenvalue weighted by atomic mass is 16.5. The van der Waals surface area contributed by atoms with Gasteiger partial charge in [0.2, 0.25) is 0 Å². The van der Waals surface area contributed by atoms with Crippen LogP contribution in [0.2, 0.25) is 0 Å². The topological polar surface area (TPSA) is 102 Å². The zero-order chi connectivity index (χ0) is 20.5. The first kappa shape index (κ1) is 20.3. The predicted octanol–water partition coefficient (Wildman–Crippen LogP) is 1.09. The third-order valence-corrected chi connectivity index (χ3v) is 4.21. The number of hydrogen-bond acceptors (Lipinski definition) is 7. The van der Waals surface area contributed by atoms with Crippen LogP contribution in [0, 0.1) is 0 Å². The van der Waals surface area contributed by atoms with Gasteiger partial charge in [-0.25, -0.2) is 5.43 Å². The van der Waals surface area contributed by atoms with Gasteiger partial charge in [0.15, 0.2) is 18.1 Å². The lowest BCUT2D eigenvalue weighted by atomic mass is 10.2. The zero-order valence-electron chi connectivity index (χ0n) is 16.0. The molecule has 0 aliphatic carbocycles. The predicted molar refractivity (Wildman–Crippen MR) is 105 cm³/mol. The SMILES string of the molecule is COc1cc(C=NNC(=O)c2cccnc2)ccc1OCC(=O)N1CCOCC1. The lowest BCUT2D eigenvalue weighted by molar-refractivity contribution is -0.137. The minimum Gasteiger partial charge on any atom is -0.493 e. The molecule has 29 heavy (non-hydrogen) atoms. The average molecular weight is 398 g/mol. The highest BCUT2D eigenvalue weighted by Crippen LogP contribution is 2.27. The molecule has 2 aromatic rings. The molecule has 0 atom stereocenters. The van der Waals surface area contributed by atoms with Gasteiger partial charge in [-0.05, 0) is 35.9 Å². The minimum atomic E-state index is -0.358. The van der Waals surface area contributed by atoms with Gasteiger partial charge in [0.1, 0.15) is 0 Å². The molecule has 152 valence electrons. The summed E-state index contributed by atoms with van der Waals surface area (Å²) in [5, 5.41) is 3.94. The van der Waals surface area contributed by atoms with Crippen LogP contribution in [0.5, 0.6) is 11.5 Å². The molecule has 0 radical (unpaired) electrons. The van der Waals surface area contributed by atoms with E-state index in [1.807, 2.05) is 0 Å². The molecule has 1 aliphatic heterocycles. The third-order valence-electron chi connectivity index (χ3n) is 4.21. The van der Waals surface area contributed by atoms with E-state index < -0.39 is 0 Å². The van der Waals surface area contributed by atoms with Gasteiger partial charge < -0.3 is 19.1 Å². The fourth-order valence-electron chi connectivity index (χ4n) is 2.65. The molecule has 1 N–H and O–H groups in total.